The molecule has 29 heavy (non-hydrogen) atoms. The summed E-state index contributed by atoms with van der Waals surface area (Å²) in [4.78, 5) is 4.67. The van der Waals surface area contributed by atoms with Crippen molar-refractivity contribution in [2.24, 2.45) is 4.99 Å². The van der Waals surface area contributed by atoms with Gasteiger partial charge in [0.15, 0.2) is 0 Å². The number of aryl methyl sites for hydroxylation is 1. The average molecular weight is 389 g/mol. The standard InChI is InChI=1S/C26H32N2O/c1-8-17(2)12-13-21(6)28-25-15-19(4)22(7)23(16-27-25)14-20(5)26-18(3)10-9-11-24(26)29/h8-14,16,29H,6,15H2,1-5,7H3,(H,27,28)/b13-12-,17-8-,20-14+. The summed E-state index contributed by atoms with van der Waals surface area (Å²) in [5, 5.41) is 13.6. The first-order valence-electron chi connectivity index (χ1n) is 9.90. The lowest BCUT2D eigenvalue weighted by atomic mass is 9.95. The molecule has 0 saturated carbocycles. The highest BCUT2D eigenvalue weighted by atomic mass is 16.3. The molecule has 3 nitrogen and oxygen atoms in total. The van der Waals surface area contributed by atoms with Crippen LogP contribution in [0.1, 0.15) is 52.2 Å². The van der Waals surface area contributed by atoms with E-state index >= 15 is 0 Å². The molecule has 0 atom stereocenters. The van der Waals surface area contributed by atoms with E-state index < -0.39 is 0 Å². The van der Waals surface area contributed by atoms with Gasteiger partial charge in [0, 0.05) is 23.9 Å². The van der Waals surface area contributed by atoms with Gasteiger partial charge in [-0.1, -0.05) is 42.0 Å². The van der Waals surface area contributed by atoms with Gasteiger partial charge >= 0.3 is 0 Å². The highest BCUT2D eigenvalue weighted by Crippen LogP contribution is 2.31. The summed E-state index contributed by atoms with van der Waals surface area (Å²) >= 11 is 0. The molecular weight excluding hydrogens is 356 g/mol. The number of benzene rings is 1. The van der Waals surface area contributed by atoms with Crippen LogP contribution in [0.4, 0.5) is 0 Å². The zero-order chi connectivity index (χ0) is 21.6. The maximum absolute atomic E-state index is 10.3. The third-order valence-electron chi connectivity index (χ3n) is 5.19. The molecule has 1 aliphatic heterocycles. The summed E-state index contributed by atoms with van der Waals surface area (Å²) in [6.45, 7) is 16.4. The molecule has 3 heteroatoms. The van der Waals surface area contributed by atoms with Gasteiger partial charge in [0.2, 0.25) is 0 Å². The van der Waals surface area contributed by atoms with Gasteiger partial charge in [-0.3, -0.25) is 0 Å². The lowest BCUT2D eigenvalue weighted by Crippen LogP contribution is -2.21. The topological polar surface area (TPSA) is 44.6 Å². The third kappa shape index (κ3) is 5.95. The van der Waals surface area contributed by atoms with Crippen molar-refractivity contribution in [1.82, 2.24) is 5.32 Å². The predicted molar refractivity (Wildman–Crippen MR) is 126 cm³/mol. The van der Waals surface area contributed by atoms with E-state index in [0.29, 0.717) is 5.75 Å². The number of aliphatic imine (C=N–C) groups is 1. The van der Waals surface area contributed by atoms with Crippen molar-refractivity contribution in [3.8, 4) is 5.75 Å². The van der Waals surface area contributed by atoms with Gasteiger partial charge in [0.1, 0.15) is 11.6 Å². The minimum absolute atomic E-state index is 0.302. The normalized spacial score (nSPS) is 15.9. The molecule has 152 valence electrons. The largest absolute Gasteiger partial charge is 0.507 e. The quantitative estimate of drug-likeness (QED) is 0.548. The number of allylic oxidation sites excluding steroid dienone is 8. The Labute approximate surface area is 175 Å². The molecule has 2 rings (SSSR count). The Bertz CT molecular complexity index is 962. The first-order valence-corrected chi connectivity index (χ1v) is 9.90. The van der Waals surface area contributed by atoms with Crippen LogP contribution in [0.25, 0.3) is 5.57 Å². The Hall–Kier alpha value is -3.07. The Morgan fingerprint density at radius 1 is 1.17 bits per heavy atom. The highest BCUT2D eigenvalue weighted by Gasteiger charge is 2.12. The zero-order valence-corrected chi connectivity index (χ0v) is 18.4. The fourth-order valence-electron chi connectivity index (χ4n) is 3.17. The number of phenolic OH excluding ortho intramolecular Hbond substituents is 1. The van der Waals surface area contributed by atoms with Gasteiger partial charge in [-0.2, -0.15) is 0 Å². The van der Waals surface area contributed by atoms with E-state index in [0.717, 1.165) is 40.2 Å². The molecule has 0 bridgehead atoms. The van der Waals surface area contributed by atoms with E-state index in [2.05, 4.69) is 49.8 Å². The number of rotatable bonds is 5. The second kappa shape index (κ2) is 9.92. The Morgan fingerprint density at radius 3 is 2.55 bits per heavy atom. The summed E-state index contributed by atoms with van der Waals surface area (Å²) in [7, 11) is 0. The van der Waals surface area contributed by atoms with Crippen molar-refractivity contribution < 1.29 is 5.11 Å². The number of hydrogen-bond acceptors (Lipinski definition) is 3. The van der Waals surface area contributed by atoms with Gasteiger partial charge in [0.25, 0.3) is 0 Å². The third-order valence-corrected chi connectivity index (χ3v) is 5.19. The van der Waals surface area contributed by atoms with Crippen LogP contribution < -0.4 is 5.32 Å². The molecule has 1 aromatic carbocycles. The van der Waals surface area contributed by atoms with Crippen molar-refractivity contribution >= 4 is 11.4 Å². The summed E-state index contributed by atoms with van der Waals surface area (Å²) in [6.07, 6.45) is 10.8. The van der Waals surface area contributed by atoms with Gasteiger partial charge in [0.05, 0.1) is 0 Å². The Kier molecular flexibility index (Phi) is 7.60. The second-order valence-electron chi connectivity index (χ2n) is 7.55. The molecule has 0 radical (unpaired) electrons. The smallest absolute Gasteiger partial charge is 0.123 e. The highest BCUT2D eigenvalue weighted by molar-refractivity contribution is 5.88. The minimum Gasteiger partial charge on any atom is -0.507 e. The van der Waals surface area contributed by atoms with Gasteiger partial charge < -0.3 is 10.4 Å². The summed E-state index contributed by atoms with van der Waals surface area (Å²) < 4.78 is 0. The van der Waals surface area contributed by atoms with E-state index in [-0.39, 0.29) is 0 Å². The summed E-state index contributed by atoms with van der Waals surface area (Å²) in [6, 6.07) is 5.60. The number of phenols is 1. The summed E-state index contributed by atoms with van der Waals surface area (Å²) in [5.41, 5.74) is 8.43. The lowest BCUT2D eigenvalue weighted by Gasteiger charge is -2.11. The maximum atomic E-state index is 10.3. The van der Waals surface area contributed by atoms with Crippen molar-refractivity contribution in [2.75, 3.05) is 0 Å². The first-order chi connectivity index (χ1) is 13.7. The molecule has 1 aromatic rings. The van der Waals surface area contributed by atoms with Crippen molar-refractivity contribution in [2.45, 2.75) is 48.0 Å². The van der Waals surface area contributed by atoms with Crippen molar-refractivity contribution in [1.29, 1.82) is 0 Å². The molecule has 1 aliphatic rings. The molecule has 0 spiro atoms. The Balaban J connectivity index is 2.32. The average Bonchev–Trinajstić information content (AvgIpc) is 2.79. The zero-order valence-electron chi connectivity index (χ0n) is 18.4. The van der Waals surface area contributed by atoms with E-state index in [1.54, 1.807) is 6.07 Å². The predicted octanol–water partition coefficient (Wildman–Crippen LogP) is 6.75. The van der Waals surface area contributed by atoms with Crippen LogP contribution in [0.2, 0.25) is 0 Å². The number of hydrogen-bond donors (Lipinski definition) is 2. The molecule has 0 amide bonds. The van der Waals surface area contributed by atoms with Gasteiger partial charge in [-0.25, -0.2) is 4.99 Å². The van der Waals surface area contributed by atoms with Crippen LogP contribution in [0.3, 0.4) is 0 Å². The number of nitrogens with zero attached hydrogens (tertiary/aromatic N) is 1. The fourth-order valence-corrected chi connectivity index (χ4v) is 3.17. The molecule has 0 saturated heterocycles. The van der Waals surface area contributed by atoms with Crippen LogP contribution in [0.5, 0.6) is 5.75 Å². The minimum atomic E-state index is 0.302. The lowest BCUT2D eigenvalue weighted by molar-refractivity contribution is 0.473. The van der Waals surface area contributed by atoms with Gasteiger partial charge in [-0.15, -0.1) is 0 Å². The van der Waals surface area contributed by atoms with Crippen LogP contribution in [0.15, 0.2) is 88.3 Å². The SMILES string of the molecule is C=C(/C=C\C(C)=C/C)NC1=NC=C(/C=C(\C)c2c(C)cccc2O)C(C)=C(C)C1. The van der Waals surface area contributed by atoms with Crippen LogP contribution in [0, 0.1) is 6.92 Å². The molecule has 0 aromatic heterocycles. The molecule has 0 unspecified atom stereocenters. The number of amidine groups is 1. The van der Waals surface area contributed by atoms with Crippen molar-refractivity contribution in [3.63, 3.8) is 0 Å². The molecule has 2 N–H and O–H groups in total. The molecular formula is C26H32N2O. The number of aromatic hydroxyl groups is 1. The van der Waals surface area contributed by atoms with E-state index in [1.807, 2.05) is 51.3 Å². The first kappa shape index (κ1) is 22.2. The van der Waals surface area contributed by atoms with Crippen LogP contribution >= 0.6 is 0 Å². The fraction of sp³-hybridized carbons (Fsp3) is 0.269. The molecule has 0 aliphatic carbocycles. The molecule has 1 heterocycles. The van der Waals surface area contributed by atoms with E-state index in [9.17, 15) is 5.11 Å². The van der Waals surface area contributed by atoms with Crippen molar-refractivity contribution in [3.05, 3.63) is 94.4 Å². The van der Waals surface area contributed by atoms with Gasteiger partial charge in [-0.05, 0) is 82.0 Å². The monoisotopic (exact) mass is 388 g/mol. The van der Waals surface area contributed by atoms with E-state index in [4.69, 9.17) is 0 Å². The maximum Gasteiger partial charge on any atom is 0.123 e. The summed E-state index contributed by atoms with van der Waals surface area (Å²) in [5.74, 6) is 1.17. The van der Waals surface area contributed by atoms with Crippen LogP contribution in [-0.4, -0.2) is 10.9 Å². The van der Waals surface area contributed by atoms with Crippen LogP contribution in [-0.2, 0) is 0 Å². The molecule has 0 fully saturated rings. The second-order valence-corrected chi connectivity index (χ2v) is 7.55. The van der Waals surface area contributed by atoms with E-state index in [1.165, 1.54) is 16.7 Å². The number of nitrogens with one attached hydrogen (secondary N) is 1. The Morgan fingerprint density at radius 2 is 1.90 bits per heavy atom.